The van der Waals surface area contributed by atoms with Gasteiger partial charge in [0.05, 0.1) is 19.6 Å². The zero-order chi connectivity index (χ0) is 12.6. The Hall–Kier alpha value is -1.63. The predicted molar refractivity (Wildman–Crippen MR) is 54.5 cm³/mol. The molecule has 0 aromatic rings. The molecule has 0 saturated carbocycles. The van der Waals surface area contributed by atoms with Crippen LogP contribution in [0.25, 0.3) is 0 Å². The topological polar surface area (TPSA) is 119 Å². The van der Waals surface area contributed by atoms with E-state index in [1.54, 1.807) is 0 Å². The molecule has 0 aliphatic heterocycles. The number of ether oxygens (including phenoxy) is 1. The molecule has 4 N–H and O–H groups in total. The van der Waals surface area contributed by atoms with Crippen LogP contribution in [0.5, 0.6) is 0 Å². The Kier molecular flexibility index (Phi) is 6.86. The Morgan fingerprint density at radius 3 is 2.56 bits per heavy atom. The highest BCUT2D eigenvalue weighted by Gasteiger charge is 2.16. The highest BCUT2D eigenvalue weighted by atomic mass is 16.5. The van der Waals surface area contributed by atoms with Crippen LogP contribution in [0.1, 0.15) is 19.3 Å². The van der Waals surface area contributed by atoms with Gasteiger partial charge in [-0.1, -0.05) is 0 Å². The fourth-order valence-corrected chi connectivity index (χ4v) is 0.958. The van der Waals surface area contributed by atoms with Gasteiger partial charge in [0.15, 0.2) is 0 Å². The molecule has 7 heteroatoms. The molecule has 0 heterocycles. The average molecular weight is 232 g/mol. The summed E-state index contributed by atoms with van der Waals surface area (Å²) < 4.78 is 4.40. The summed E-state index contributed by atoms with van der Waals surface area (Å²) in [6.07, 6.45) is 0.214. The maximum Gasteiger partial charge on any atom is 0.305 e. The minimum atomic E-state index is -1.13. The summed E-state index contributed by atoms with van der Waals surface area (Å²) in [5, 5.41) is 10.8. The Morgan fingerprint density at radius 1 is 1.44 bits per heavy atom. The first kappa shape index (κ1) is 14.4. The van der Waals surface area contributed by atoms with Crippen molar-refractivity contribution in [1.29, 1.82) is 0 Å². The van der Waals surface area contributed by atoms with E-state index in [1.165, 1.54) is 7.11 Å². The zero-order valence-corrected chi connectivity index (χ0v) is 9.06. The molecule has 0 fully saturated rings. The number of rotatable bonds is 7. The lowest BCUT2D eigenvalue weighted by Crippen LogP contribution is -2.42. The predicted octanol–water partition coefficient (Wildman–Crippen LogP) is -1.14. The standard InChI is InChI=1S/C9H16N2O5/c1-16-8(14)3-2-4-11-9(15)6(10)5-7(12)13/h6H,2-5,10H2,1H3,(H,11,15)(H,12,13)/t6-/m0/s1. The van der Waals surface area contributed by atoms with E-state index >= 15 is 0 Å². The van der Waals surface area contributed by atoms with Gasteiger partial charge in [-0.05, 0) is 6.42 Å². The zero-order valence-electron chi connectivity index (χ0n) is 9.06. The number of esters is 1. The summed E-state index contributed by atoms with van der Waals surface area (Å²) in [6.45, 7) is 0.265. The number of carboxylic acids is 1. The molecule has 0 saturated heterocycles. The van der Waals surface area contributed by atoms with E-state index in [4.69, 9.17) is 10.8 Å². The van der Waals surface area contributed by atoms with E-state index in [9.17, 15) is 14.4 Å². The molecule has 0 aliphatic rings. The van der Waals surface area contributed by atoms with E-state index in [2.05, 4.69) is 10.1 Å². The van der Waals surface area contributed by atoms with Crippen molar-refractivity contribution in [2.24, 2.45) is 5.73 Å². The summed E-state index contributed by atoms with van der Waals surface area (Å²) in [5.41, 5.74) is 5.30. The molecular formula is C9H16N2O5. The summed E-state index contributed by atoms with van der Waals surface area (Å²) in [4.78, 5) is 32.1. The van der Waals surface area contributed by atoms with Gasteiger partial charge in [-0.3, -0.25) is 14.4 Å². The third kappa shape index (κ3) is 6.77. The second kappa shape index (κ2) is 7.63. The van der Waals surface area contributed by atoms with Crippen molar-refractivity contribution in [3.8, 4) is 0 Å². The second-order valence-corrected chi connectivity index (χ2v) is 3.18. The van der Waals surface area contributed by atoms with E-state index in [0.717, 1.165) is 0 Å². The Morgan fingerprint density at radius 2 is 2.06 bits per heavy atom. The summed E-state index contributed by atoms with van der Waals surface area (Å²) in [5.74, 6) is -2.02. The molecule has 0 radical (unpaired) electrons. The molecule has 1 atom stereocenters. The first-order valence-corrected chi connectivity index (χ1v) is 4.79. The molecule has 92 valence electrons. The fourth-order valence-electron chi connectivity index (χ4n) is 0.958. The van der Waals surface area contributed by atoms with Crippen LogP contribution in [-0.4, -0.2) is 42.6 Å². The normalized spacial score (nSPS) is 11.6. The van der Waals surface area contributed by atoms with Crippen LogP contribution in [0.4, 0.5) is 0 Å². The monoisotopic (exact) mass is 232 g/mol. The first-order chi connectivity index (χ1) is 7.47. The number of carbonyl (C=O) groups excluding carboxylic acids is 2. The minimum Gasteiger partial charge on any atom is -0.481 e. The second-order valence-electron chi connectivity index (χ2n) is 3.18. The molecule has 0 spiro atoms. The van der Waals surface area contributed by atoms with Gasteiger partial charge in [0.1, 0.15) is 0 Å². The van der Waals surface area contributed by atoms with Crippen molar-refractivity contribution in [3.05, 3.63) is 0 Å². The lowest BCUT2D eigenvalue weighted by Gasteiger charge is -2.09. The fraction of sp³-hybridized carbons (Fsp3) is 0.667. The van der Waals surface area contributed by atoms with Crippen LogP contribution in [-0.2, 0) is 19.1 Å². The number of carboxylic acid groups (broad SMARTS) is 1. The van der Waals surface area contributed by atoms with Crippen LogP contribution < -0.4 is 11.1 Å². The van der Waals surface area contributed by atoms with Crippen LogP contribution in [0.3, 0.4) is 0 Å². The highest BCUT2D eigenvalue weighted by Crippen LogP contribution is 1.92. The molecule has 0 bridgehead atoms. The summed E-state index contributed by atoms with van der Waals surface area (Å²) in [6, 6.07) is -1.06. The molecule has 0 rings (SSSR count). The molecule has 16 heavy (non-hydrogen) atoms. The number of amides is 1. The molecular weight excluding hydrogens is 216 g/mol. The van der Waals surface area contributed by atoms with Gasteiger partial charge in [0.2, 0.25) is 5.91 Å². The molecule has 7 nitrogen and oxygen atoms in total. The Balaban J connectivity index is 3.65. The quantitative estimate of drug-likeness (QED) is 0.377. The number of nitrogens with one attached hydrogen (secondary N) is 1. The van der Waals surface area contributed by atoms with Gasteiger partial charge in [-0.2, -0.15) is 0 Å². The van der Waals surface area contributed by atoms with E-state index in [-0.39, 0.29) is 18.9 Å². The van der Waals surface area contributed by atoms with Gasteiger partial charge < -0.3 is 20.9 Å². The molecule has 1 amide bonds. The lowest BCUT2D eigenvalue weighted by atomic mass is 10.2. The van der Waals surface area contributed by atoms with Gasteiger partial charge in [-0.15, -0.1) is 0 Å². The van der Waals surface area contributed by atoms with Crippen LogP contribution in [0.15, 0.2) is 0 Å². The van der Waals surface area contributed by atoms with Crippen molar-refractivity contribution in [2.75, 3.05) is 13.7 Å². The SMILES string of the molecule is COC(=O)CCCNC(=O)[C@@H](N)CC(=O)O. The Bertz CT molecular complexity index is 267. The van der Waals surface area contributed by atoms with Crippen LogP contribution in [0, 0.1) is 0 Å². The third-order valence-electron chi connectivity index (χ3n) is 1.82. The minimum absolute atomic E-state index is 0.199. The Labute approximate surface area is 92.9 Å². The highest BCUT2D eigenvalue weighted by molar-refractivity contribution is 5.85. The number of aliphatic carboxylic acids is 1. The van der Waals surface area contributed by atoms with E-state index in [1.807, 2.05) is 0 Å². The molecule has 0 unspecified atom stereocenters. The third-order valence-corrected chi connectivity index (χ3v) is 1.82. The lowest BCUT2D eigenvalue weighted by molar-refractivity contribution is -0.140. The van der Waals surface area contributed by atoms with Crippen molar-refractivity contribution in [2.45, 2.75) is 25.3 Å². The average Bonchev–Trinajstić information content (AvgIpc) is 2.22. The van der Waals surface area contributed by atoms with Crippen molar-refractivity contribution in [1.82, 2.24) is 5.32 Å². The van der Waals surface area contributed by atoms with Crippen molar-refractivity contribution >= 4 is 17.8 Å². The van der Waals surface area contributed by atoms with Crippen molar-refractivity contribution < 1.29 is 24.2 Å². The number of nitrogens with two attached hydrogens (primary N) is 1. The van der Waals surface area contributed by atoms with Crippen LogP contribution >= 0.6 is 0 Å². The maximum atomic E-state index is 11.2. The maximum absolute atomic E-state index is 11.2. The van der Waals surface area contributed by atoms with Crippen LogP contribution in [0.2, 0.25) is 0 Å². The number of hydrogen-bond acceptors (Lipinski definition) is 5. The van der Waals surface area contributed by atoms with Gasteiger partial charge in [0.25, 0.3) is 0 Å². The summed E-state index contributed by atoms with van der Waals surface area (Å²) >= 11 is 0. The number of methoxy groups -OCH3 is 1. The van der Waals surface area contributed by atoms with Gasteiger partial charge >= 0.3 is 11.9 Å². The molecule has 0 aromatic heterocycles. The smallest absolute Gasteiger partial charge is 0.305 e. The molecule has 0 aliphatic carbocycles. The van der Waals surface area contributed by atoms with E-state index in [0.29, 0.717) is 6.42 Å². The van der Waals surface area contributed by atoms with Gasteiger partial charge in [0, 0.05) is 13.0 Å². The summed E-state index contributed by atoms with van der Waals surface area (Å²) in [7, 11) is 1.28. The number of carbonyl (C=O) groups is 3. The number of hydrogen-bond donors (Lipinski definition) is 3. The van der Waals surface area contributed by atoms with Crippen molar-refractivity contribution in [3.63, 3.8) is 0 Å². The van der Waals surface area contributed by atoms with Gasteiger partial charge in [-0.25, -0.2) is 0 Å². The molecule has 0 aromatic carbocycles. The van der Waals surface area contributed by atoms with E-state index < -0.39 is 24.3 Å². The first-order valence-electron chi connectivity index (χ1n) is 4.79. The largest absolute Gasteiger partial charge is 0.481 e.